The quantitative estimate of drug-likeness (QED) is 0.592. The van der Waals surface area contributed by atoms with Gasteiger partial charge in [-0.05, 0) is 12.8 Å². The van der Waals surface area contributed by atoms with Gasteiger partial charge >= 0.3 is 5.69 Å². The molecule has 0 radical (unpaired) electrons. The normalized spacial score (nSPS) is 18.0. The van der Waals surface area contributed by atoms with Crippen LogP contribution in [0.5, 0.6) is 0 Å². The summed E-state index contributed by atoms with van der Waals surface area (Å²) < 4.78 is 1.66. The van der Waals surface area contributed by atoms with Gasteiger partial charge in [0, 0.05) is 17.7 Å². The van der Waals surface area contributed by atoms with Crippen LogP contribution in [0.1, 0.15) is 18.9 Å². The third kappa shape index (κ3) is 2.56. The fourth-order valence-corrected chi connectivity index (χ4v) is 2.44. The summed E-state index contributed by atoms with van der Waals surface area (Å²) in [5.74, 6) is 0.658. The highest BCUT2D eigenvalue weighted by Gasteiger charge is 2.28. The highest BCUT2D eigenvalue weighted by atomic mass is 35.5. The van der Waals surface area contributed by atoms with Crippen molar-refractivity contribution in [3.05, 3.63) is 10.5 Å². The van der Waals surface area contributed by atoms with Crippen molar-refractivity contribution in [1.29, 1.82) is 0 Å². The zero-order valence-electron chi connectivity index (χ0n) is 8.02. The van der Waals surface area contributed by atoms with Gasteiger partial charge in [0.25, 0.3) is 0 Å². The summed E-state index contributed by atoms with van der Waals surface area (Å²) in [5.41, 5.74) is -0.166. The van der Waals surface area contributed by atoms with Crippen molar-refractivity contribution >= 4 is 23.4 Å². The predicted octanol–water partition coefficient (Wildman–Crippen LogP) is 0.598. The van der Waals surface area contributed by atoms with E-state index in [4.69, 9.17) is 11.6 Å². The van der Waals surface area contributed by atoms with E-state index in [0.717, 1.165) is 12.8 Å². The van der Waals surface area contributed by atoms with Gasteiger partial charge in [0.15, 0.2) is 5.16 Å². The summed E-state index contributed by atoms with van der Waals surface area (Å²) in [6.07, 6.45) is 1.51. The van der Waals surface area contributed by atoms with Crippen LogP contribution in [0.25, 0.3) is 0 Å². The standard InChI is InChI=1S/C8H12ClN3O2S/c9-3-6(13)4-15-8-11-10-7(14)12(8)5-1-2-5/h5-6,13H,1-4H2,(H,10,14). The summed E-state index contributed by atoms with van der Waals surface area (Å²) in [7, 11) is 0. The summed E-state index contributed by atoms with van der Waals surface area (Å²) in [6, 6.07) is 0.298. The molecule has 0 bridgehead atoms. The zero-order chi connectivity index (χ0) is 10.8. The van der Waals surface area contributed by atoms with Crippen LogP contribution in [-0.2, 0) is 0 Å². The number of nitrogens with one attached hydrogen (secondary N) is 1. The molecule has 1 aliphatic rings. The van der Waals surface area contributed by atoms with Gasteiger partial charge in [-0.2, -0.15) is 0 Å². The van der Waals surface area contributed by atoms with E-state index in [1.54, 1.807) is 4.57 Å². The molecule has 1 unspecified atom stereocenters. The third-order valence-electron chi connectivity index (χ3n) is 2.17. The Morgan fingerprint density at radius 1 is 1.73 bits per heavy atom. The van der Waals surface area contributed by atoms with Gasteiger partial charge < -0.3 is 5.11 Å². The first-order valence-corrected chi connectivity index (χ1v) is 6.28. The third-order valence-corrected chi connectivity index (χ3v) is 3.62. The Labute approximate surface area is 95.8 Å². The molecule has 7 heteroatoms. The van der Waals surface area contributed by atoms with E-state index in [9.17, 15) is 9.90 Å². The highest BCUT2D eigenvalue weighted by Crippen LogP contribution is 2.36. The van der Waals surface area contributed by atoms with Gasteiger partial charge in [0.1, 0.15) is 0 Å². The summed E-state index contributed by atoms with van der Waals surface area (Å²) in [4.78, 5) is 11.4. The maximum Gasteiger partial charge on any atom is 0.344 e. The van der Waals surface area contributed by atoms with Crippen LogP contribution in [0.2, 0.25) is 0 Å². The average molecular weight is 250 g/mol. The maximum atomic E-state index is 11.4. The topological polar surface area (TPSA) is 70.9 Å². The monoisotopic (exact) mass is 249 g/mol. The average Bonchev–Trinajstić information content (AvgIpc) is 3.00. The van der Waals surface area contributed by atoms with Gasteiger partial charge in [0.05, 0.1) is 6.10 Å². The van der Waals surface area contributed by atoms with E-state index >= 15 is 0 Å². The Morgan fingerprint density at radius 2 is 2.47 bits per heavy atom. The molecule has 5 nitrogen and oxygen atoms in total. The lowest BCUT2D eigenvalue weighted by atomic mass is 10.5. The van der Waals surface area contributed by atoms with Crippen LogP contribution in [0.4, 0.5) is 0 Å². The van der Waals surface area contributed by atoms with Gasteiger partial charge in [-0.15, -0.1) is 16.7 Å². The molecule has 15 heavy (non-hydrogen) atoms. The summed E-state index contributed by atoms with van der Waals surface area (Å²) in [6.45, 7) is 0. The molecule has 0 spiro atoms. The smallest absolute Gasteiger partial charge is 0.344 e. The Kier molecular flexibility index (Phi) is 3.38. The lowest BCUT2D eigenvalue weighted by molar-refractivity contribution is 0.223. The minimum Gasteiger partial charge on any atom is -0.391 e. The number of rotatable bonds is 5. The van der Waals surface area contributed by atoms with Crippen LogP contribution >= 0.6 is 23.4 Å². The van der Waals surface area contributed by atoms with Crippen molar-refractivity contribution in [2.24, 2.45) is 0 Å². The number of aromatic nitrogens is 3. The molecule has 2 N–H and O–H groups in total. The van der Waals surface area contributed by atoms with E-state index in [0.29, 0.717) is 17.0 Å². The van der Waals surface area contributed by atoms with Crippen molar-refractivity contribution in [3.63, 3.8) is 0 Å². The molecule has 1 saturated carbocycles. The molecule has 1 atom stereocenters. The minimum atomic E-state index is -0.559. The molecule has 1 aromatic rings. The first-order valence-electron chi connectivity index (χ1n) is 4.76. The molecule has 1 aliphatic carbocycles. The summed E-state index contributed by atoms with van der Waals surface area (Å²) in [5, 5.41) is 16.3. The number of aliphatic hydroxyl groups is 1. The number of alkyl halides is 1. The van der Waals surface area contributed by atoms with E-state index < -0.39 is 6.10 Å². The number of halogens is 1. The van der Waals surface area contributed by atoms with Crippen molar-refractivity contribution in [1.82, 2.24) is 14.8 Å². The lowest BCUT2D eigenvalue weighted by Crippen LogP contribution is -2.17. The number of H-pyrrole nitrogens is 1. The van der Waals surface area contributed by atoms with Crippen LogP contribution in [-0.4, -0.2) is 37.6 Å². The number of hydrogen-bond acceptors (Lipinski definition) is 4. The Hall–Kier alpha value is -0.460. The first-order chi connectivity index (χ1) is 7.22. The molecule has 1 fully saturated rings. The summed E-state index contributed by atoms with van der Waals surface area (Å²) >= 11 is 6.83. The fraction of sp³-hybridized carbons (Fsp3) is 0.750. The van der Waals surface area contributed by atoms with Gasteiger partial charge in [-0.25, -0.2) is 9.89 Å². The lowest BCUT2D eigenvalue weighted by Gasteiger charge is -2.06. The van der Waals surface area contributed by atoms with Crippen LogP contribution in [0.15, 0.2) is 9.95 Å². The van der Waals surface area contributed by atoms with E-state index in [2.05, 4.69) is 10.2 Å². The number of aromatic amines is 1. The number of thioether (sulfide) groups is 1. The van der Waals surface area contributed by atoms with Crippen molar-refractivity contribution < 1.29 is 5.11 Å². The van der Waals surface area contributed by atoms with Crippen LogP contribution < -0.4 is 5.69 Å². The SMILES string of the molecule is O=c1[nH]nc(SCC(O)CCl)n1C1CC1. The molecule has 0 saturated heterocycles. The van der Waals surface area contributed by atoms with E-state index in [1.807, 2.05) is 0 Å². The molecule has 1 heterocycles. The molecule has 84 valence electrons. The second kappa shape index (κ2) is 4.59. The minimum absolute atomic E-state index is 0.166. The molecule has 0 aromatic carbocycles. The molecule has 0 aliphatic heterocycles. The highest BCUT2D eigenvalue weighted by molar-refractivity contribution is 7.99. The molecular weight excluding hydrogens is 238 g/mol. The largest absolute Gasteiger partial charge is 0.391 e. The predicted molar refractivity (Wildman–Crippen MR) is 58.6 cm³/mol. The molecular formula is C8H12ClN3O2S. The number of nitrogens with zero attached hydrogens (tertiary/aromatic N) is 2. The maximum absolute atomic E-state index is 11.4. The second-order valence-electron chi connectivity index (χ2n) is 3.53. The number of aliphatic hydroxyl groups excluding tert-OH is 1. The second-order valence-corrected chi connectivity index (χ2v) is 4.83. The van der Waals surface area contributed by atoms with Crippen molar-refractivity contribution in [3.8, 4) is 0 Å². The van der Waals surface area contributed by atoms with E-state index in [1.165, 1.54) is 11.8 Å². The van der Waals surface area contributed by atoms with Gasteiger partial charge in [-0.1, -0.05) is 11.8 Å². The van der Waals surface area contributed by atoms with Crippen molar-refractivity contribution in [2.45, 2.75) is 30.1 Å². The van der Waals surface area contributed by atoms with Gasteiger partial charge in [0.2, 0.25) is 0 Å². The molecule has 0 amide bonds. The number of hydrogen-bond donors (Lipinski definition) is 2. The Bertz CT molecular complexity index is 387. The van der Waals surface area contributed by atoms with Gasteiger partial charge in [-0.3, -0.25) is 4.57 Å². The first kappa shape index (κ1) is 11.0. The molecule has 2 rings (SSSR count). The Balaban J connectivity index is 2.04. The van der Waals surface area contributed by atoms with Crippen LogP contribution in [0.3, 0.4) is 0 Å². The fourth-order valence-electron chi connectivity index (χ4n) is 1.26. The van der Waals surface area contributed by atoms with E-state index in [-0.39, 0.29) is 11.6 Å². The zero-order valence-corrected chi connectivity index (χ0v) is 9.59. The van der Waals surface area contributed by atoms with Crippen molar-refractivity contribution in [2.75, 3.05) is 11.6 Å². The van der Waals surface area contributed by atoms with Crippen LogP contribution in [0, 0.1) is 0 Å². The molecule has 1 aromatic heterocycles. The Morgan fingerprint density at radius 3 is 3.07 bits per heavy atom.